The number of unbranched alkanes of at least 4 members (excludes halogenated alkanes) is 1. The maximum absolute atomic E-state index is 11.9. The van der Waals surface area contributed by atoms with E-state index in [0.29, 0.717) is 0 Å². The Kier molecular flexibility index (Phi) is 6.49. The Morgan fingerprint density at radius 3 is 2.62 bits per heavy atom. The van der Waals surface area contributed by atoms with Crippen molar-refractivity contribution in [2.24, 2.45) is 5.92 Å². The van der Waals surface area contributed by atoms with E-state index < -0.39 is 0 Å². The van der Waals surface area contributed by atoms with E-state index in [9.17, 15) is 4.79 Å². The van der Waals surface area contributed by atoms with Crippen molar-refractivity contribution >= 4 is 11.6 Å². The van der Waals surface area contributed by atoms with Crippen LogP contribution in [0.1, 0.15) is 19.3 Å². The minimum atomic E-state index is 0.191. The highest BCUT2D eigenvalue weighted by Crippen LogP contribution is 2.15. The van der Waals surface area contributed by atoms with Crippen LogP contribution in [-0.2, 0) is 4.79 Å². The smallest absolute Gasteiger partial charge is 0.224 e. The second-order valence-electron chi connectivity index (χ2n) is 6.85. The molecule has 0 spiro atoms. The molecule has 2 aliphatic heterocycles. The summed E-state index contributed by atoms with van der Waals surface area (Å²) in [6.07, 6.45) is 3.22. The number of nitrogens with zero attached hydrogens (tertiary/aromatic N) is 2. The summed E-state index contributed by atoms with van der Waals surface area (Å²) < 4.78 is 0. The number of benzene rings is 1. The molecule has 0 radical (unpaired) electrons. The summed E-state index contributed by atoms with van der Waals surface area (Å²) >= 11 is 0. The molecule has 1 aromatic carbocycles. The van der Waals surface area contributed by atoms with Crippen LogP contribution in [0.5, 0.6) is 0 Å². The lowest BCUT2D eigenvalue weighted by molar-refractivity contribution is -0.124. The summed E-state index contributed by atoms with van der Waals surface area (Å²) in [7, 11) is 0. The van der Waals surface area contributed by atoms with E-state index in [0.717, 1.165) is 71.6 Å². The van der Waals surface area contributed by atoms with Crippen LogP contribution in [0.25, 0.3) is 0 Å². The van der Waals surface area contributed by atoms with E-state index in [-0.39, 0.29) is 11.8 Å². The Bertz CT molecular complexity index is 493. The van der Waals surface area contributed by atoms with Crippen molar-refractivity contribution in [3.8, 4) is 0 Å². The highest BCUT2D eigenvalue weighted by molar-refractivity contribution is 5.79. The van der Waals surface area contributed by atoms with E-state index in [1.54, 1.807) is 0 Å². The summed E-state index contributed by atoms with van der Waals surface area (Å²) in [4.78, 5) is 16.9. The Balaban J connectivity index is 1.25. The molecule has 2 heterocycles. The number of amides is 1. The second-order valence-corrected chi connectivity index (χ2v) is 6.85. The van der Waals surface area contributed by atoms with Gasteiger partial charge in [-0.15, -0.1) is 0 Å². The number of anilines is 1. The number of para-hydroxylation sites is 1. The lowest BCUT2D eigenvalue weighted by Gasteiger charge is -2.36. The maximum Gasteiger partial charge on any atom is 0.224 e. The zero-order valence-electron chi connectivity index (χ0n) is 14.5. The van der Waals surface area contributed by atoms with Gasteiger partial charge in [-0.05, 0) is 44.5 Å². The van der Waals surface area contributed by atoms with Crippen molar-refractivity contribution in [2.75, 3.05) is 57.3 Å². The topological polar surface area (TPSA) is 47.6 Å². The zero-order chi connectivity index (χ0) is 16.6. The van der Waals surface area contributed by atoms with Crippen molar-refractivity contribution in [3.63, 3.8) is 0 Å². The average Bonchev–Trinajstić information content (AvgIpc) is 3.17. The summed E-state index contributed by atoms with van der Waals surface area (Å²) in [5.41, 5.74) is 1.33. The minimum Gasteiger partial charge on any atom is -0.369 e. The first-order valence-corrected chi connectivity index (χ1v) is 9.34. The Morgan fingerprint density at radius 2 is 1.92 bits per heavy atom. The number of hydrogen-bond acceptors (Lipinski definition) is 4. The first-order valence-electron chi connectivity index (χ1n) is 9.34. The molecule has 5 nitrogen and oxygen atoms in total. The van der Waals surface area contributed by atoms with Gasteiger partial charge in [0.1, 0.15) is 0 Å². The van der Waals surface area contributed by atoms with E-state index in [1.807, 2.05) is 0 Å². The van der Waals surface area contributed by atoms with Crippen LogP contribution in [0.15, 0.2) is 30.3 Å². The highest BCUT2D eigenvalue weighted by atomic mass is 16.1. The molecule has 24 heavy (non-hydrogen) atoms. The molecular weight excluding hydrogens is 300 g/mol. The van der Waals surface area contributed by atoms with E-state index in [1.165, 1.54) is 5.69 Å². The number of piperazine rings is 1. The molecule has 1 aromatic rings. The number of nitrogens with one attached hydrogen (secondary N) is 2. The third-order valence-corrected chi connectivity index (χ3v) is 5.13. The maximum atomic E-state index is 11.9. The van der Waals surface area contributed by atoms with Gasteiger partial charge in [-0.1, -0.05) is 18.2 Å². The van der Waals surface area contributed by atoms with Gasteiger partial charge in [-0.2, -0.15) is 0 Å². The summed E-state index contributed by atoms with van der Waals surface area (Å²) in [6.45, 7) is 8.27. The largest absolute Gasteiger partial charge is 0.369 e. The average molecular weight is 330 g/mol. The lowest BCUT2D eigenvalue weighted by atomic mass is 10.1. The molecule has 132 valence electrons. The van der Waals surface area contributed by atoms with E-state index in [4.69, 9.17) is 0 Å². The quantitative estimate of drug-likeness (QED) is 0.740. The predicted molar refractivity (Wildman–Crippen MR) is 98.3 cm³/mol. The Labute approximate surface area is 145 Å². The van der Waals surface area contributed by atoms with E-state index >= 15 is 0 Å². The fourth-order valence-electron chi connectivity index (χ4n) is 3.56. The fraction of sp³-hybridized carbons (Fsp3) is 0.632. The zero-order valence-corrected chi connectivity index (χ0v) is 14.5. The highest BCUT2D eigenvalue weighted by Gasteiger charge is 2.21. The number of carbonyl (C=O) groups is 1. The van der Waals surface area contributed by atoms with Gasteiger partial charge >= 0.3 is 0 Å². The molecule has 5 heteroatoms. The monoisotopic (exact) mass is 330 g/mol. The lowest BCUT2D eigenvalue weighted by Crippen LogP contribution is -2.46. The van der Waals surface area contributed by atoms with Crippen molar-refractivity contribution in [3.05, 3.63) is 30.3 Å². The van der Waals surface area contributed by atoms with Crippen LogP contribution in [0.4, 0.5) is 5.69 Å². The number of carbonyl (C=O) groups excluding carboxylic acids is 1. The van der Waals surface area contributed by atoms with Gasteiger partial charge in [0.05, 0.1) is 5.92 Å². The molecule has 0 aromatic heterocycles. The van der Waals surface area contributed by atoms with Gasteiger partial charge in [-0.3, -0.25) is 9.69 Å². The van der Waals surface area contributed by atoms with E-state index in [2.05, 4.69) is 50.8 Å². The molecule has 1 atom stereocenters. The van der Waals surface area contributed by atoms with Crippen LogP contribution < -0.4 is 15.5 Å². The molecule has 0 saturated carbocycles. The molecule has 0 bridgehead atoms. The minimum absolute atomic E-state index is 0.191. The predicted octanol–water partition coefficient (Wildman–Crippen LogP) is 1.31. The molecular formula is C19H30N4O. The van der Waals surface area contributed by atoms with Crippen LogP contribution in [-0.4, -0.2) is 63.2 Å². The van der Waals surface area contributed by atoms with Crippen LogP contribution in [0.3, 0.4) is 0 Å². The molecule has 3 rings (SSSR count). The Morgan fingerprint density at radius 1 is 1.12 bits per heavy atom. The Hall–Kier alpha value is -1.59. The van der Waals surface area contributed by atoms with Crippen LogP contribution in [0.2, 0.25) is 0 Å². The molecule has 2 fully saturated rings. The third-order valence-electron chi connectivity index (χ3n) is 5.13. The molecule has 1 unspecified atom stereocenters. The standard InChI is InChI=1S/C19H30N4O/c24-19(17-8-10-20-16-17)21-9-4-5-11-22-12-14-23(15-13-22)18-6-2-1-3-7-18/h1-3,6-7,17,20H,4-5,8-16H2,(H,21,24). The van der Waals surface area contributed by atoms with Crippen LogP contribution in [0, 0.1) is 5.92 Å². The fourth-order valence-corrected chi connectivity index (χ4v) is 3.56. The number of hydrogen-bond donors (Lipinski definition) is 2. The molecule has 2 saturated heterocycles. The second kappa shape index (κ2) is 9.04. The third kappa shape index (κ3) is 4.95. The SMILES string of the molecule is O=C(NCCCCN1CCN(c2ccccc2)CC1)C1CCNC1. The van der Waals surface area contributed by atoms with Crippen molar-refractivity contribution in [2.45, 2.75) is 19.3 Å². The summed E-state index contributed by atoms with van der Waals surface area (Å²) in [6, 6.07) is 10.7. The summed E-state index contributed by atoms with van der Waals surface area (Å²) in [5.74, 6) is 0.424. The first-order chi connectivity index (χ1) is 11.8. The first kappa shape index (κ1) is 17.2. The van der Waals surface area contributed by atoms with Gasteiger partial charge in [-0.25, -0.2) is 0 Å². The van der Waals surface area contributed by atoms with Crippen molar-refractivity contribution in [1.82, 2.24) is 15.5 Å². The molecule has 0 aliphatic carbocycles. The van der Waals surface area contributed by atoms with Crippen LogP contribution >= 0.6 is 0 Å². The van der Waals surface area contributed by atoms with Gasteiger partial charge < -0.3 is 15.5 Å². The van der Waals surface area contributed by atoms with Gasteiger partial charge in [0.2, 0.25) is 5.91 Å². The van der Waals surface area contributed by atoms with Gasteiger partial charge in [0.25, 0.3) is 0 Å². The normalized spacial score (nSPS) is 21.8. The van der Waals surface area contributed by atoms with Gasteiger partial charge in [0, 0.05) is 45.0 Å². The van der Waals surface area contributed by atoms with Gasteiger partial charge in [0.15, 0.2) is 0 Å². The molecule has 2 aliphatic rings. The number of rotatable bonds is 7. The summed E-state index contributed by atoms with van der Waals surface area (Å²) in [5, 5.41) is 6.33. The molecule has 1 amide bonds. The van der Waals surface area contributed by atoms with Crippen molar-refractivity contribution in [1.29, 1.82) is 0 Å². The molecule has 2 N–H and O–H groups in total. The van der Waals surface area contributed by atoms with Crippen molar-refractivity contribution < 1.29 is 4.79 Å².